The summed E-state index contributed by atoms with van der Waals surface area (Å²) in [5.74, 6) is 4.17. The van der Waals surface area contributed by atoms with Gasteiger partial charge in [0.25, 0.3) is 0 Å². The van der Waals surface area contributed by atoms with Gasteiger partial charge in [0.15, 0.2) is 0 Å². The molecule has 0 spiro atoms. The zero-order valence-corrected chi connectivity index (χ0v) is 21.2. The second-order valence-corrected chi connectivity index (χ2v) is 13.4. The predicted octanol–water partition coefficient (Wildman–Crippen LogP) is 8.17. The van der Waals surface area contributed by atoms with Gasteiger partial charge < -0.3 is 5.11 Å². The molecule has 4 aliphatic rings. The number of hydrogen-bond acceptors (Lipinski definition) is 1. The Morgan fingerprint density at radius 1 is 0.900 bits per heavy atom. The number of aliphatic hydroxyl groups excluding tert-OH is 1. The monoisotopic (exact) mass is 414 g/mol. The van der Waals surface area contributed by atoms with Gasteiger partial charge in [0.05, 0.1) is 6.10 Å². The molecule has 2 fully saturated rings. The maximum absolute atomic E-state index is 10.8. The van der Waals surface area contributed by atoms with Crippen molar-refractivity contribution in [3.05, 3.63) is 11.1 Å². The third kappa shape index (κ3) is 3.45. The van der Waals surface area contributed by atoms with E-state index in [1.54, 1.807) is 0 Å². The Kier molecular flexibility index (Phi) is 6.05. The Hall–Kier alpha value is -0.300. The van der Waals surface area contributed by atoms with Crippen LogP contribution in [-0.2, 0) is 0 Å². The zero-order chi connectivity index (χ0) is 21.9. The first-order valence-electron chi connectivity index (χ1n) is 13.4. The lowest BCUT2D eigenvalue weighted by Gasteiger charge is -2.60. The summed E-state index contributed by atoms with van der Waals surface area (Å²) >= 11 is 0. The van der Waals surface area contributed by atoms with E-state index in [0.29, 0.717) is 16.7 Å². The van der Waals surface area contributed by atoms with Gasteiger partial charge in [-0.3, -0.25) is 0 Å². The molecule has 0 aromatic heterocycles. The SMILES string of the molecule is CC(C)CCC[C@@H](C)C1CC[C@H]2C3=C(CC[C@]12C)[C@@]1(C)CC[C@H](O)C(C)(C)C1CC3. The van der Waals surface area contributed by atoms with Crippen LogP contribution in [0.4, 0.5) is 0 Å². The van der Waals surface area contributed by atoms with Gasteiger partial charge in [-0.1, -0.05) is 78.9 Å². The average molecular weight is 415 g/mol. The van der Waals surface area contributed by atoms with Crippen LogP contribution >= 0.6 is 0 Å². The summed E-state index contributed by atoms with van der Waals surface area (Å²) in [5, 5.41) is 10.8. The van der Waals surface area contributed by atoms with Crippen LogP contribution in [0.15, 0.2) is 11.1 Å². The van der Waals surface area contributed by atoms with Crippen LogP contribution in [0.25, 0.3) is 0 Å². The largest absolute Gasteiger partial charge is 0.393 e. The molecule has 0 aromatic carbocycles. The Morgan fingerprint density at radius 2 is 1.63 bits per heavy atom. The highest BCUT2D eigenvalue weighted by molar-refractivity contribution is 5.35. The summed E-state index contributed by atoms with van der Waals surface area (Å²) in [4.78, 5) is 0. The van der Waals surface area contributed by atoms with Crippen molar-refractivity contribution in [2.45, 2.75) is 125 Å². The first-order chi connectivity index (χ1) is 14.0. The van der Waals surface area contributed by atoms with Crippen molar-refractivity contribution in [2.75, 3.05) is 0 Å². The van der Waals surface area contributed by atoms with Gasteiger partial charge in [0.1, 0.15) is 0 Å². The molecule has 2 saturated carbocycles. The Labute approximate surface area is 187 Å². The van der Waals surface area contributed by atoms with E-state index in [1.807, 2.05) is 11.1 Å². The van der Waals surface area contributed by atoms with Gasteiger partial charge in [-0.2, -0.15) is 0 Å². The second kappa shape index (κ2) is 7.93. The summed E-state index contributed by atoms with van der Waals surface area (Å²) in [6, 6.07) is 0. The standard InChI is InChI=1S/C29H50O/c1-19(2)9-8-10-20(3)22-12-13-23-21-11-14-25-27(4,5)26(30)16-18-29(25,7)24(21)15-17-28(22,23)6/h19-20,22-23,25-26,30H,8-18H2,1-7H3/t20-,22?,23+,25?,26+,28-,29-/m1/s1. The fourth-order valence-corrected chi connectivity index (χ4v) is 9.31. The predicted molar refractivity (Wildman–Crippen MR) is 128 cm³/mol. The molecule has 7 atom stereocenters. The van der Waals surface area contributed by atoms with Crippen molar-refractivity contribution in [2.24, 2.45) is 45.8 Å². The van der Waals surface area contributed by atoms with Gasteiger partial charge >= 0.3 is 0 Å². The highest BCUT2D eigenvalue weighted by Gasteiger charge is 2.59. The van der Waals surface area contributed by atoms with Gasteiger partial charge in [-0.15, -0.1) is 0 Å². The zero-order valence-electron chi connectivity index (χ0n) is 21.2. The molecule has 0 aromatic rings. The smallest absolute Gasteiger partial charge is 0.0594 e. The van der Waals surface area contributed by atoms with Gasteiger partial charge in [-0.05, 0) is 97.2 Å². The van der Waals surface area contributed by atoms with Gasteiger partial charge in [0.2, 0.25) is 0 Å². The molecule has 1 N–H and O–H groups in total. The molecule has 1 nitrogen and oxygen atoms in total. The van der Waals surface area contributed by atoms with Crippen LogP contribution in [0, 0.1) is 45.8 Å². The van der Waals surface area contributed by atoms with E-state index in [4.69, 9.17) is 0 Å². The van der Waals surface area contributed by atoms with Crippen molar-refractivity contribution >= 4 is 0 Å². The van der Waals surface area contributed by atoms with Crippen LogP contribution in [0.5, 0.6) is 0 Å². The molecular weight excluding hydrogens is 364 g/mol. The number of allylic oxidation sites excluding steroid dienone is 2. The van der Waals surface area contributed by atoms with Crippen LogP contribution in [0.2, 0.25) is 0 Å². The Balaban J connectivity index is 1.57. The van der Waals surface area contributed by atoms with Crippen molar-refractivity contribution in [3.63, 3.8) is 0 Å². The lowest BCUT2D eigenvalue weighted by atomic mass is 9.46. The summed E-state index contributed by atoms with van der Waals surface area (Å²) < 4.78 is 0. The molecule has 0 radical (unpaired) electrons. The fourth-order valence-electron chi connectivity index (χ4n) is 9.31. The molecule has 0 amide bonds. The molecular formula is C29H50O. The van der Waals surface area contributed by atoms with E-state index >= 15 is 0 Å². The number of hydrogen-bond donors (Lipinski definition) is 1. The third-order valence-corrected chi connectivity index (χ3v) is 11.1. The van der Waals surface area contributed by atoms with E-state index < -0.39 is 0 Å². The molecule has 0 saturated heterocycles. The van der Waals surface area contributed by atoms with Crippen molar-refractivity contribution < 1.29 is 5.11 Å². The van der Waals surface area contributed by atoms with Crippen LogP contribution in [-0.4, -0.2) is 11.2 Å². The summed E-state index contributed by atoms with van der Waals surface area (Å²) in [5.41, 5.74) is 4.73. The third-order valence-electron chi connectivity index (χ3n) is 11.1. The number of fused-ring (bicyclic) bond motifs is 4. The van der Waals surface area contributed by atoms with Crippen molar-refractivity contribution in [1.29, 1.82) is 0 Å². The molecule has 4 aliphatic carbocycles. The minimum Gasteiger partial charge on any atom is -0.393 e. The Bertz CT molecular complexity index is 672. The molecule has 0 heterocycles. The molecule has 1 heteroatoms. The summed E-state index contributed by atoms with van der Waals surface area (Å²) in [7, 11) is 0. The normalized spacial score (nSPS) is 43.9. The van der Waals surface area contributed by atoms with Crippen LogP contribution < -0.4 is 0 Å². The highest BCUT2D eigenvalue weighted by Crippen LogP contribution is 2.68. The molecule has 172 valence electrons. The molecule has 2 unspecified atom stereocenters. The first-order valence-corrected chi connectivity index (χ1v) is 13.4. The van der Waals surface area contributed by atoms with E-state index in [1.165, 1.54) is 64.2 Å². The maximum atomic E-state index is 10.8. The average Bonchev–Trinajstić information content (AvgIpc) is 3.02. The van der Waals surface area contributed by atoms with Crippen molar-refractivity contribution in [1.82, 2.24) is 0 Å². The van der Waals surface area contributed by atoms with Gasteiger partial charge in [-0.25, -0.2) is 0 Å². The minimum atomic E-state index is -0.117. The van der Waals surface area contributed by atoms with Crippen LogP contribution in [0.1, 0.15) is 119 Å². The molecule has 0 aliphatic heterocycles. The lowest BCUT2D eigenvalue weighted by molar-refractivity contribution is -0.0931. The quantitative estimate of drug-likeness (QED) is 0.450. The van der Waals surface area contributed by atoms with E-state index in [2.05, 4.69) is 48.5 Å². The van der Waals surface area contributed by atoms with Crippen molar-refractivity contribution in [3.8, 4) is 0 Å². The summed E-state index contributed by atoms with van der Waals surface area (Å²) in [6.07, 6.45) is 14.6. The molecule has 0 bridgehead atoms. The molecule has 30 heavy (non-hydrogen) atoms. The molecule has 4 rings (SSSR count). The topological polar surface area (TPSA) is 20.2 Å². The first kappa shape index (κ1) is 22.9. The highest BCUT2D eigenvalue weighted by atomic mass is 16.3. The Morgan fingerprint density at radius 3 is 2.33 bits per heavy atom. The second-order valence-electron chi connectivity index (χ2n) is 13.4. The van der Waals surface area contributed by atoms with E-state index in [-0.39, 0.29) is 11.5 Å². The number of aliphatic hydroxyl groups is 1. The van der Waals surface area contributed by atoms with Gasteiger partial charge in [0, 0.05) is 0 Å². The van der Waals surface area contributed by atoms with E-state index in [9.17, 15) is 5.11 Å². The summed E-state index contributed by atoms with van der Waals surface area (Å²) in [6.45, 7) is 17.3. The van der Waals surface area contributed by atoms with Crippen LogP contribution in [0.3, 0.4) is 0 Å². The maximum Gasteiger partial charge on any atom is 0.0594 e. The fraction of sp³-hybridized carbons (Fsp3) is 0.931. The minimum absolute atomic E-state index is 0.0649. The lowest BCUT2D eigenvalue weighted by Crippen LogP contribution is -2.53. The number of rotatable bonds is 5. The van der Waals surface area contributed by atoms with E-state index in [0.717, 1.165) is 30.1 Å².